The van der Waals surface area contributed by atoms with Gasteiger partial charge in [-0.15, -0.1) is 0 Å². The molecule has 3 N–H and O–H groups in total. The van der Waals surface area contributed by atoms with E-state index in [0.29, 0.717) is 0 Å². The summed E-state index contributed by atoms with van der Waals surface area (Å²) < 4.78 is 27.3. The molecule has 1 fully saturated rings. The van der Waals surface area contributed by atoms with Crippen LogP contribution < -0.4 is 10.6 Å². The Balaban J connectivity index is 2.16. The van der Waals surface area contributed by atoms with Crippen LogP contribution >= 0.6 is 0 Å². The highest BCUT2D eigenvalue weighted by molar-refractivity contribution is 5.88. The van der Waals surface area contributed by atoms with Gasteiger partial charge in [0.05, 0.1) is 11.3 Å². The molecule has 4 nitrogen and oxygen atoms in total. The van der Waals surface area contributed by atoms with Gasteiger partial charge in [0.25, 0.3) is 0 Å². The first kappa shape index (κ1) is 13.7. The van der Waals surface area contributed by atoms with Gasteiger partial charge in [0.2, 0.25) is 0 Å². The molecule has 1 aromatic rings. The number of nitrogens with one attached hydrogen (secondary N) is 2. The van der Waals surface area contributed by atoms with E-state index in [1.165, 1.54) is 6.07 Å². The van der Waals surface area contributed by atoms with Crippen molar-refractivity contribution in [3.63, 3.8) is 0 Å². The summed E-state index contributed by atoms with van der Waals surface area (Å²) in [5.41, 5.74) is -0.625. The molecule has 1 heterocycles. The quantitative estimate of drug-likeness (QED) is 0.788. The zero-order chi connectivity index (χ0) is 13.8. The molecular formula is C13H16F2N2O2. The fourth-order valence-corrected chi connectivity index (χ4v) is 2.21. The lowest BCUT2D eigenvalue weighted by Gasteiger charge is -2.18. The van der Waals surface area contributed by atoms with Crippen LogP contribution in [-0.4, -0.2) is 30.2 Å². The summed E-state index contributed by atoms with van der Waals surface area (Å²) in [6.07, 6.45) is 2.66. The normalized spacial score (nSPS) is 19.8. The molecule has 1 atom stereocenters. The van der Waals surface area contributed by atoms with E-state index in [0.717, 1.165) is 38.4 Å². The van der Waals surface area contributed by atoms with Gasteiger partial charge in [-0.25, -0.2) is 13.6 Å². The molecule has 0 amide bonds. The second-order valence-corrected chi connectivity index (χ2v) is 4.62. The summed E-state index contributed by atoms with van der Waals surface area (Å²) in [6, 6.07) is 2.43. The van der Waals surface area contributed by atoms with Crippen molar-refractivity contribution in [3.8, 4) is 0 Å². The molecule has 0 spiro atoms. The summed E-state index contributed by atoms with van der Waals surface area (Å²) in [6.45, 7) is 1.75. The fraction of sp³-hybridized carbons (Fsp3) is 0.462. The van der Waals surface area contributed by atoms with E-state index >= 15 is 0 Å². The topological polar surface area (TPSA) is 61.4 Å². The van der Waals surface area contributed by atoms with Crippen molar-refractivity contribution < 1.29 is 18.7 Å². The van der Waals surface area contributed by atoms with Crippen LogP contribution in [-0.2, 0) is 0 Å². The summed E-state index contributed by atoms with van der Waals surface area (Å²) in [7, 11) is 0. The molecule has 0 aromatic heterocycles. The van der Waals surface area contributed by atoms with Crippen LogP contribution in [0.15, 0.2) is 12.1 Å². The third-order valence-corrected chi connectivity index (χ3v) is 3.25. The van der Waals surface area contributed by atoms with Gasteiger partial charge in [0.15, 0.2) is 11.6 Å². The summed E-state index contributed by atoms with van der Waals surface area (Å²) in [5.74, 6) is -3.91. The van der Waals surface area contributed by atoms with Crippen molar-refractivity contribution in [3.05, 3.63) is 29.3 Å². The summed E-state index contributed by atoms with van der Waals surface area (Å²) >= 11 is 0. The highest BCUT2D eigenvalue weighted by Crippen LogP contribution is 2.23. The van der Waals surface area contributed by atoms with E-state index < -0.39 is 23.2 Å². The zero-order valence-corrected chi connectivity index (χ0v) is 10.4. The Morgan fingerprint density at radius 2 is 2.05 bits per heavy atom. The Hall–Kier alpha value is -1.69. The van der Waals surface area contributed by atoms with Crippen LogP contribution in [0.4, 0.5) is 14.5 Å². The molecule has 0 radical (unpaired) electrons. The maximum atomic E-state index is 13.8. The highest BCUT2D eigenvalue weighted by Gasteiger charge is 2.20. The first-order valence-electron chi connectivity index (χ1n) is 6.28. The van der Waals surface area contributed by atoms with E-state index in [9.17, 15) is 13.6 Å². The first-order valence-corrected chi connectivity index (χ1v) is 6.28. The predicted molar refractivity (Wildman–Crippen MR) is 67.4 cm³/mol. The van der Waals surface area contributed by atoms with E-state index in [1.54, 1.807) is 0 Å². The average Bonchev–Trinajstić information content (AvgIpc) is 2.63. The van der Waals surface area contributed by atoms with E-state index in [1.807, 2.05) is 0 Å². The number of aromatic carboxylic acids is 1. The fourth-order valence-electron chi connectivity index (χ4n) is 2.21. The molecule has 1 unspecified atom stereocenters. The minimum Gasteiger partial charge on any atom is -0.478 e. The number of hydrogen-bond donors (Lipinski definition) is 3. The number of halogens is 2. The summed E-state index contributed by atoms with van der Waals surface area (Å²) in [4.78, 5) is 10.7. The van der Waals surface area contributed by atoms with Gasteiger partial charge in [-0.1, -0.05) is 0 Å². The second-order valence-electron chi connectivity index (χ2n) is 4.62. The number of carboxylic acids is 1. The number of benzene rings is 1. The molecule has 19 heavy (non-hydrogen) atoms. The Kier molecular flexibility index (Phi) is 4.31. The smallest absolute Gasteiger partial charge is 0.338 e. The number of hydrogen-bond acceptors (Lipinski definition) is 3. The van der Waals surface area contributed by atoms with E-state index in [-0.39, 0.29) is 11.7 Å². The summed E-state index contributed by atoms with van der Waals surface area (Å²) in [5, 5.41) is 14.9. The second kappa shape index (κ2) is 5.97. The first-order chi connectivity index (χ1) is 9.09. The lowest BCUT2D eigenvalue weighted by Crippen LogP contribution is -2.22. The third-order valence-electron chi connectivity index (χ3n) is 3.25. The molecule has 1 saturated heterocycles. The lowest BCUT2D eigenvalue weighted by molar-refractivity contribution is 0.0690. The van der Waals surface area contributed by atoms with E-state index in [4.69, 9.17) is 5.11 Å². The molecule has 0 saturated carbocycles. The number of carboxylic acid groups (broad SMARTS) is 1. The average molecular weight is 270 g/mol. The maximum absolute atomic E-state index is 13.8. The van der Waals surface area contributed by atoms with Crippen LogP contribution in [0.1, 0.15) is 29.6 Å². The van der Waals surface area contributed by atoms with Gasteiger partial charge < -0.3 is 15.7 Å². The van der Waals surface area contributed by atoms with Gasteiger partial charge in [0.1, 0.15) is 0 Å². The number of rotatable bonds is 3. The van der Waals surface area contributed by atoms with Crippen LogP contribution in [0.25, 0.3) is 0 Å². The van der Waals surface area contributed by atoms with Crippen LogP contribution in [0.3, 0.4) is 0 Å². The van der Waals surface area contributed by atoms with Crippen molar-refractivity contribution in [2.45, 2.75) is 25.3 Å². The van der Waals surface area contributed by atoms with E-state index in [2.05, 4.69) is 10.6 Å². The van der Waals surface area contributed by atoms with Crippen LogP contribution in [0, 0.1) is 11.6 Å². The highest BCUT2D eigenvalue weighted by atomic mass is 19.2. The standard InChI is InChI=1S/C13H16F2N2O2/c14-11-9(13(18)19)3-4-10(12(11)15)17-8-2-1-6-16-7-5-8/h3-4,8,16-17H,1-2,5-7H2,(H,18,19). The molecule has 1 aliphatic heterocycles. The molecule has 2 rings (SSSR count). The van der Waals surface area contributed by atoms with Crippen LogP contribution in [0.5, 0.6) is 0 Å². The van der Waals surface area contributed by atoms with Crippen molar-refractivity contribution in [2.75, 3.05) is 18.4 Å². The molecule has 1 aromatic carbocycles. The van der Waals surface area contributed by atoms with Gasteiger partial charge in [0, 0.05) is 6.04 Å². The number of anilines is 1. The monoisotopic (exact) mass is 270 g/mol. The lowest BCUT2D eigenvalue weighted by atomic mass is 10.1. The molecule has 0 bridgehead atoms. The van der Waals surface area contributed by atoms with Gasteiger partial charge in [-0.3, -0.25) is 0 Å². The Morgan fingerprint density at radius 1 is 1.26 bits per heavy atom. The predicted octanol–water partition coefficient (Wildman–Crippen LogP) is 2.22. The van der Waals surface area contributed by atoms with Crippen molar-refractivity contribution in [1.29, 1.82) is 0 Å². The minimum atomic E-state index is -1.47. The van der Waals surface area contributed by atoms with Gasteiger partial charge in [-0.2, -0.15) is 0 Å². The largest absolute Gasteiger partial charge is 0.478 e. The molecule has 104 valence electrons. The van der Waals surface area contributed by atoms with Crippen molar-refractivity contribution in [2.24, 2.45) is 0 Å². The molecule has 0 aliphatic carbocycles. The Labute approximate surface area is 109 Å². The third kappa shape index (κ3) is 3.20. The zero-order valence-electron chi connectivity index (χ0n) is 10.4. The minimum absolute atomic E-state index is 0.0226. The molecule has 1 aliphatic rings. The Morgan fingerprint density at radius 3 is 2.79 bits per heavy atom. The maximum Gasteiger partial charge on any atom is 0.338 e. The van der Waals surface area contributed by atoms with Crippen molar-refractivity contribution >= 4 is 11.7 Å². The van der Waals surface area contributed by atoms with Gasteiger partial charge >= 0.3 is 5.97 Å². The van der Waals surface area contributed by atoms with Crippen LogP contribution in [0.2, 0.25) is 0 Å². The SMILES string of the molecule is O=C(O)c1ccc(NC2CCCNCC2)c(F)c1F. The number of carbonyl (C=O) groups is 1. The van der Waals surface area contributed by atoms with Crippen molar-refractivity contribution in [1.82, 2.24) is 5.32 Å². The Bertz CT molecular complexity index is 472. The molecular weight excluding hydrogens is 254 g/mol. The molecule has 6 heteroatoms. The van der Waals surface area contributed by atoms with Gasteiger partial charge in [-0.05, 0) is 44.5 Å².